The summed E-state index contributed by atoms with van der Waals surface area (Å²) in [7, 11) is -0.816. The van der Waals surface area contributed by atoms with Crippen molar-refractivity contribution in [3.05, 3.63) is 12.4 Å². The lowest BCUT2D eigenvalue weighted by Gasteiger charge is -2.37. The number of carbonyl (C=O) groups is 1. The van der Waals surface area contributed by atoms with Crippen LogP contribution in [0.1, 0.15) is 12.8 Å². The molecule has 144 valence electrons. The van der Waals surface area contributed by atoms with Gasteiger partial charge in [-0.3, -0.25) is 9.48 Å². The quantitative estimate of drug-likeness (QED) is 0.584. The molecular formula is C14H25ClN4O5S. The van der Waals surface area contributed by atoms with Crippen molar-refractivity contribution in [3.63, 3.8) is 0 Å². The van der Waals surface area contributed by atoms with E-state index in [0.29, 0.717) is 13.2 Å². The molecule has 0 aliphatic carbocycles. The molecular weight excluding hydrogens is 372 g/mol. The number of nitrogens with one attached hydrogen (secondary N) is 2. The molecule has 0 atom stereocenters. The summed E-state index contributed by atoms with van der Waals surface area (Å²) in [6.45, 7) is 2.33. The highest BCUT2D eigenvalue weighted by molar-refractivity contribution is 7.89. The molecule has 2 N–H and O–H groups in total. The molecule has 9 nitrogen and oxygen atoms in total. The molecule has 1 aliphatic heterocycles. The first-order valence-electron chi connectivity index (χ1n) is 7.69. The topological polar surface area (TPSA) is 112 Å². The van der Waals surface area contributed by atoms with Crippen molar-refractivity contribution >= 4 is 28.4 Å². The summed E-state index contributed by atoms with van der Waals surface area (Å²) in [5.74, 6) is -0.497. The average Bonchev–Trinajstić information content (AvgIpc) is 3.04. The summed E-state index contributed by atoms with van der Waals surface area (Å²) in [5, 5.41) is 7.14. The minimum atomic E-state index is -3.70. The first-order valence-corrected chi connectivity index (χ1v) is 9.18. The number of sulfonamides is 1. The van der Waals surface area contributed by atoms with Crippen molar-refractivity contribution < 1.29 is 22.7 Å². The van der Waals surface area contributed by atoms with Crippen LogP contribution in [0.15, 0.2) is 17.3 Å². The van der Waals surface area contributed by atoms with Gasteiger partial charge in [-0.25, -0.2) is 13.1 Å². The number of ether oxygens (including phenoxy) is 2. The molecule has 1 aromatic rings. The molecule has 0 amide bonds. The molecule has 25 heavy (non-hydrogen) atoms. The summed E-state index contributed by atoms with van der Waals surface area (Å²) in [5.41, 5.74) is -0.213. The highest BCUT2D eigenvalue weighted by Crippen LogP contribution is 2.28. The van der Waals surface area contributed by atoms with Crippen molar-refractivity contribution in [2.75, 3.05) is 40.5 Å². The van der Waals surface area contributed by atoms with Gasteiger partial charge in [0.1, 0.15) is 11.4 Å². The smallest absolute Gasteiger partial charge is 0.327 e. The maximum atomic E-state index is 12.5. The van der Waals surface area contributed by atoms with Gasteiger partial charge in [-0.1, -0.05) is 0 Å². The first kappa shape index (κ1) is 21.8. The number of piperidine rings is 1. The van der Waals surface area contributed by atoms with Crippen LogP contribution in [0.5, 0.6) is 0 Å². The SMILES string of the molecule is COCC1(CNS(=O)(=O)c2cnn(CC(=O)OC)c2)CCNCC1.Cl. The van der Waals surface area contributed by atoms with E-state index in [2.05, 4.69) is 19.9 Å². The highest BCUT2D eigenvalue weighted by atomic mass is 35.5. The van der Waals surface area contributed by atoms with E-state index < -0.39 is 16.0 Å². The Bertz CT molecular complexity index is 652. The Morgan fingerprint density at radius 2 is 2.08 bits per heavy atom. The van der Waals surface area contributed by atoms with Gasteiger partial charge in [0, 0.05) is 25.3 Å². The lowest BCUT2D eigenvalue weighted by Crippen LogP contribution is -2.47. The van der Waals surface area contributed by atoms with Crippen LogP contribution in [-0.4, -0.2) is 64.6 Å². The van der Waals surface area contributed by atoms with Gasteiger partial charge in [-0.05, 0) is 25.9 Å². The van der Waals surface area contributed by atoms with Gasteiger partial charge >= 0.3 is 5.97 Å². The number of halogens is 1. The van der Waals surface area contributed by atoms with E-state index in [1.807, 2.05) is 0 Å². The van der Waals surface area contributed by atoms with Crippen LogP contribution in [-0.2, 0) is 30.8 Å². The lowest BCUT2D eigenvalue weighted by atomic mass is 9.80. The van der Waals surface area contributed by atoms with Crippen LogP contribution in [0.25, 0.3) is 0 Å². The maximum Gasteiger partial charge on any atom is 0.327 e. The molecule has 0 radical (unpaired) electrons. The number of esters is 1. The zero-order valence-corrected chi connectivity index (χ0v) is 16.0. The Kier molecular flexibility index (Phi) is 8.29. The summed E-state index contributed by atoms with van der Waals surface area (Å²) in [6, 6.07) is 0. The summed E-state index contributed by atoms with van der Waals surface area (Å²) >= 11 is 0. The number of rotatable bonds is 8. The molecule has 1 aliphatic rings. The molecule has 1 aromatic heterocycles. The molecule has 1 saturated heterocycles. The zero-order valence-electron chi connectivity index (χ0n) is 14.4. The van der Waals surface area contributed by atoms with Gasteiger partial charge in [-0.2, -0.15) is 5.10 Å². The molecule has 0 unspecified atom stereocenters. The average molecular weight is 397 g/mol. The van der Waals surface area contributed by atoms with Gasteiger partial charge in [0.05, 0.1) is 19.9 Å². The normalized spacial score (nSPS) is 16.9. The molecule has 1 fully saturated rings. The third-order valence-corrected chi connectivity index (χ3v) is 5.55. The van der Waals surface area contributed by atoms with Gasteiger partial charge in [0.2, 0.25) is 10.0 Å². The summed E-state index contributed by atoms with van der Waals surface area (Å²) in [4.78, 5) is 11.2. The van der Waals surface area contributed by atoms with Crippen LogP contribution in [0.3, 0.4) is 0 Å². The van der Waals surface area contributed by atoms with Crippen LogP contribution in [0, 0.1) is 5.41 Å². The number of hydrogen-bond donors (Lipinski definition) is 2. The second-order valence-electron chi connectivity index (χ2n) is 5.96. The third-order valence-electron chi connectivity index (χ3n) is 4.19. The minimum absolute atomic E-state index is 0. The molecule has 0 bridgehead atoms. The second-order valence-corrected chi connectivity index (χ2v) is 7.72. The van der Waals surface area contributed by atoms with E-state index in [-0.39, 0.29) is 29.3 Å². The fraction of sp³-hybridized carbons (Fsp3) is 0.714. The molecule has 11 heteroatoms. The Morgan fingerprint density at radius 1 is 1.40 bits per heavy atom. The largest absolute Gasteiger partial charge is 0.468 e. The van der Waals surface area contributed by atoms with E-state index in [0.717, 1.165) is 25.9 Å². The van der Waals surface area contributed by atoms with Gasteiger partial charge in [0.15, 0.2) is 0 Å². The highest BCUT2D eigenvalue weighted by Gasteiger charge is 2.33. The number of hydrogen-bond acceptors (Lipinski definition) is 7. The fourth-order valence-corrected chi connectivity index (χ4v) is 3.84. The molecule has 0 saturated carbocycles. The van der Waals surface area contributed by atoms with Gasteiger partial charge in [0.25, 0.3) is 0 Å². The summed E-state index contributed by atoms with van der Waals surface area (Å²) < 4.78 is 38.6. The second kappa shape index (κ2) is 9.48. The Morgan fingerprint density at radius 3 is 2.68 bits per heavy atom. The van der Waals surface area contributed by atoms with Crippen molar-refractivity contribution in [1.29, 1.82) is 0 Å². The lowest BCUT2D eigenvalue weighted by molar-refractivity contribution is -0.141. The monoisotopic (exact) mass is 396 g/mol. The Labute approximate surface area is 153 Å². The number of aromatic nitrogens is 2. The molecule has 0 aromatic carbocycles. The number of carbonyl (C=O) groups excluding carboxylic acids is 1. The number of methoxy groups -OCH3 is 2. The van der Waals surface area contributed by atoms with E-state index in [1.54, 1.807) is 7.11 Å². The Hall–Kier alpha value is -1.20. The molecule has 2 rings (SSSR count). The fourth-order valence-electron chi connectivity index (χ4n) is 2.73. The van der Waals surface area contributed by atoms with E-state index in [4.69, 9.17) is 4.74 Å². The molecule has 2 heterocycles. The van der Waals surface area contributed by atoms with E-state index >= 15 is 0 Å². The number of nitrogens with zero attached hydrogens (tertiary/aromatic N) is 2. The van der Waals surface area contributed by atoms with Crippen molar-refractivity contribution in [1.82, 2.24) is 19.8 Å². The van der Waals surface area contributed by atoms with Crippen molar-refractivity contribution in [2.45, 2.75) is 24.3 Å². The van der Waals surface area contributed by atoms with Crippen molar-refractivity contribution in [3.8, 4) is 0 Å². The minimum Gasteiger partial charge on any atom is -0.468 e. The van der Waals surface area contributed by atoms with Crippen LogP contribution in [0.4, 0.5) is 0 Å². The van der Waals surface area contributed by atoms with Gasteiger partial charge in [-0.15, -0.1) is 12.4 Å². The van der Waals surface area contributed by atoms with E-state index in [1.165, 1.54) is 24.2 Å². The van der Waals surface area contributed by atoms with Crippen LogP contribution >= 0.6 is 12.4 Å². The summed E-state index contributed by atoms with van der Waals surface area (Å²) in [6.07, 6.45) is 4.21. The zero-order chi connectivity index (χ0) is 17.6. The predicted molar refractivity (Wildman–Crippen MR) is 93.1 cm³/mol. The third kappa shape index (κ3) is 5.93. The standard InChI is InChI=1S/C14H24N4O5S.ClH/c1-22-11-14(3-5-15-6-4-14)10-17-24(20,21)12-7-16-18(8-12)9-13(19)23-2;/h7-8,15,17H,3-6,9-11H2,1-2H3;1H. The van der Waals surface area contributed by atoms with Crippen LogP contribution in [0.2, 0.25) is 0 Å². The predicted octanol–water partition coefficient (Wildman–Crippen LogP) is -0.228. The van der Waals surface area contributed by atoms with Gasteiger partial charge < -0.3 is 14.8 Å². The molecule has 0 spiro atoms. The first-order chi connectivity index (χ1) is 11.4. The maximum absolute atomic E-state index is 12.5. The van der Waals surface area contributed by atoms with Crippen LogP contribution < -0.4 is 10.0 Å². The van der Waals surface area contributed by atoms with E-state index in [9.17, 15) is 13.2 Å². The van der Waals surface area contributed by atoms with Crippen molar-refractivity contribution in [2.24, 2.45) is 5.41 Å². The Balaban J connectivity index is 0.00000312.